The zero-order valence-electron chi connectivity index (χ0n) is 16.4. The number of piperidine rings is 1. The maximum absolute atomic E-state index is 13.5. The van der Waals surface area contributed by atoms with Crippen molar-refractivity contribution in [2.45, 2.75) is 45.6 Å². The largest absolute Gasteiger partial charge is 0.372 e. The number of unbranched alkanes of at least 4 members (excludes halogenated alkanes) is 1. The number of hydrogen-bond acceptors (Lipinski definition) is 3. The molecule has 1 spiro atoms. The lowest BCUT2D eigenvalue weighted by Gasteiger charge is -2.39. The molecule has 0 unspecified atom stereocenters. The number of carbonyl (C=O) groups is 2. The number of ether oxygens (including phenoxy) is 1. The highest BCUT2D eigenvalue weighted by Gasteiger charge is 2.49. The van der Waals surface area contributed by atoms with Gasteiger partial charge in [-0.05, 0) is 43.4 Å². The summed E-state index contributed by atoms with van der Waals surface area (Å²) >= 11 is 0. The van der Waals surface area contributed by atoms with E-state index in [0.29, 0.717) is 38.2 Å². The SMILES string of the molecule is CCCCOCC(=O)N1CC[C@]2(CCCN(Cc3ccc(F)c(F)c3)C2=O)C1. The Hall–Kier alpha value is -2.02. The number of nitrogens with zero attached hydrogens (tertiary/aromatic N) is 2. The van der Waals surface area contributed by atoms with E-state index in [9.17, 15) is 18.4 Å². The molecule has 0 radical (unpaired) electrons. The Balaban J connectivity index is 1.60. The van der Waals surface area contributed by atoms with Gasteiger partial charge in [0.15, 0.2) is 11.6 Å². The van der Waals surface area contributed by atoms with Gasteiger partial charge in [-0.25, -0.2) is 8.78 Å². The lowest BCUT2D eigenvalue weighted by Crippen LogP contribution is -2.50. The molecular formula is C21H28F2N2O3. The first-order valence-electron chi connectivity index (χ1n) is 10.0. The Morgan fingerprint density at radius 2 is 2.04 bits per heavy atom. The van der Waals surface area contributed by atoms with Crippen LogP contribution in [0.25, 0.3) is 0 Å². The van der Waals surface area contributed by atoms with Gasteiger partial charge in [-0.15, -0.1) is 0 Å². The summed E-state index contributed by atoms with van der Waals surface area (Å²) in [6, 6.07) is 3.73. The first-order chi connectivity index (χ1) is 13.4. The second kappa shape index (κ2) is 8.99. The van der Waals surface area contributed by atoms with Crippen LogP contribution in [0.3, 0.4) is 0 Å². The molecule has 1 atom stereocenters. The summed E-state index contributed by atoms with van der Waals surface area (Å²) in [5.74, 6) is -1.86. The minimum absolute atomic E-state index is 0.00526. The predicted molar refractivity (Wildman–Crippen MR) is 100 cm³/mol. The van der Waals surface area contributed by atoms with Crippen LogP contribution < -0.4 is 0 Å². The van der Waals surface area contributed by atoms with Crippen LogP contribution in [0.1, 0.15) is 44.6 Å². The number of hydrogen-bond donors (Lipinski definition) is 0. The molecule has 0 aromatic heterocycles. The van der Waals surface area contributed by atoms with Crippen LogP contribution >= 0.6 is 0 Å². The summed E-state index contributed by atoms with van der Waals surface area (Å²) in [5, 5.41) is 0. The summed E-state index contributed by atoms with van der Waals surface area (Å²) < 4.78 is 32.0. The van der Waals surface area contributed by atoms with E-state index in [1.165, 1.54) is 6.07 Å². The molecule has 0 aliphatic carbocycles. The van der Waals surface area contributed by atoms with Crippen molar-refractivity contribution < 1.29 is 23.1 Å². The quantitative estimate of drug-likeness (QED) is 0.668. The van der Waals surface area contributed by atoms with Crippen LogP contribution in [0.15, 0.2) is 18.2 Å². The third-order valence-electron chi connectivity index (χ3n) is 5.76. The van der Waals surface area contributed by atoms with Crippen molar-refractivity contribution in [1.29, 1.82) is 0 Å². The standard InChI is InChI=1S/C21H28F2N2O3/c1-2-3-11-28-14-19(26)25-10-8-21(15-25)7-4-9-24(20(21)27)13-16-5-6-17(22)18(23)12-16/h5-6,12H,2-4,7-11,13-15H2,1H3/t21-/m1/s1. The fourth-order valence-electron chi connectivity index (χ4n) is 4.12. The van der Waals surface area contributed by atoms with E-state index in [4.69, 9.17) is 4.74 Å². The van der Waals surface area contributed by atoms with Gasteiger partial charge in [0.25, 0.3) is 0 Å². The minimum atomic E-state index is -0.905. The molecule has 154 valence electrons. The molecule has 3 rings (SSSR count). The van der Waals surface area contributed by atoms with E-state index >= 15 is 0 Å². The Morgan fingerprint density at radius 1 is 1.21 bits per heavy atom. The zero-order valence-corrected chi connectivity index (χ0v) is 16.4. The maximum atomic E-state index is 13.5. The van der Waals surface area contributed by atoms with Gasteiger partial charge in [-0.3, -0.25) is 9.59 Å². The normalized spacial score (nSPS) is 22.3. The Labute approximate surface area is 164 Å². The van der Waals surface area contributed by atoms with Gasteiger partial charge in [0.2, 0.25) is 11.8 Å². The second-order valence-electron chi connectivity index (χ2n) is 7.83. The third-order valence-corrected chi connectivity index (χ3v) is 5.76. The molecule has 5 nitrogen and oxygen atoms in total. The Kier molecular flexibility index (Phi) is 6.65. The van der Waals surface area contributed by atoms with Crippen LogP contribution in [-0.4, -0.2) is 54.5 Å². The van der Waals surface area contributed by atoms with Crippen molar-refractivity contribution in [2.75, 3.05) is 32.8 Å². The van der Waals surface area contributed by atoms with Gasteiger partial charge < -0.3 is 14.5 Å². The van der Waals surface area contributed by atoms with Crippen molar-refractivity contribution >= 4 is 11.8 Å². The first-order valence-corrected chi connectivity index (χ1v) is 10.0. The molecule has 2 fully saturated rings. The van der Waals surface area contributed by atoms with Gasteiger partial charge in [-0.1, -0.05) is 19.4 Å². The molecule has 0 N–H and O–H groups in total. The number of amides is 2. The van der Waals surface area contributed by atoms with E-state index in [-0.39, 0.29) is 25.0 Å². The number of benzene rings is 1. The van der Waals surface area contributed by atoms with E-state index in [2.05, 4.69) is 6.92 Å². The zero-order chi connectivity index (χ0) is 20.1. The predicted octanol–water partition coefficient (Wildman–Crippen LogP) is 3.12. The Bertz CT molecular complexity index is 728. The van der Waals surface area contributed by atoms with Crippen LogP contribution in [0, 0.1) is 17.0 Å². The highest BCUT2D eigenvalue weighted by atomic mass is 19.2. The van der Waals surface area contributed by atoms with Gasteiger partial charge >= 0.3 is 0 Å². The number of carbonyl (C=O) groups excluding carboxylic acids is 2. The van der Waals surface area contributed by atoms with Crippen LogP contribution in [0.4, 0.5) is 8.78 Å². The van der Waals surface area contributed by atoms with Crippen molar-refractivity contribution in [1.82, 2.24) is 9.80 Å². The van der Waals surface area contributed by atoms with E-state index in [0.717, 1.165) is 37.8 Å². The summed E-state index contributed by atoms with van der Waals surface area (Å²) in [7, 11) is 0. The van der Waals surface area contributed by atoms with Gasteiger partial charge in [-0.2, -0.15) is 0 Å². The highest BCUT2D eigenvalue weighted by molar-refractivity contribution is 5.86. The average Bonchev–Trinajstić information content (AvgIpc) is 3.11. The molecular weight excluding hydrogens is 366 g/mol. The van der Waals surface area contributed by atoms with Gasteiger partial charge in [0.05, 0.1) is 5.41 Å². The van der Waals surface area contributed by atoms with Crippen LogP contribution in [0.2, 0.25) is 0 Å². The molecule has 0 saturated carbocycles. The van der Waals surface area contributed by atoms with Gasteiger partial charge in [0, 0.05) is 32.8 Å². The molecule has 28 heavy (non-hydrogen) atoms. The molecule has 2 saturated heterocycles. The van der Waals surface area contributed by atoms with E-state index in [1.807, 2.05) is 0 Å². The summed E-state index contributed by atoms with van der Waals surface area (Å²) in [4.78, 5) is 29.0. The Morgan fingerprint density at radius 3 is 2.79 bits per heavy atom. The maximum Gasteiger partial charge on any atom is 0.248 e. The fraction of sp³-hybridized carbons (Fsp3) is 0.619. The lowest BCUT2D eigenvalue weighted by atomic mass is 9.78. The summed E-state index contributed by atoms with van der Waals surface area (Å²) in [5.41, 5.74) is 0.00941. The summed E-state index contributed by atoms with van der Waals surface area (Å²) in [6.07, 6.45) is 4.17. The number of halogens is 2. The lowest BCUT2D eigenvalue weighted by molar-refractivity contribution is -0.147. The number of rotatable bonds is 7. The summed E-state index contributed by atoms with van der Waals surface area (Å²) in [6.45, 7) is 4.51. The highest BCUT2D eigenvalue weighted by Crippen LogP contribution is 2.40. The van der Waals surface area contributed by atoms with E-state index < -0.39 is 17.0 Å². The van der Waals surface area contributed by atoms with Crippen molar-refractivity contribution in [3.05, 3.63) is 35.4 Å². The smallest absolute Gasteiger partial charge is 0.248 e. The van der Waals surface area contributed by atoms with Crippen LogP contribution in [0.5, 0.6) is 0 Å². The van der Waals surface area contributed by atoms with Crippen molar-refractivity contribution in [3.8, 4) is 0 Å². The molecule has 2 amide bonds. The fourth-order valence-corrected chi connectivity index (χ4v) is 4.12. The molecule has 0 bridgehead atoms. The number of likely N-dealkylation sites (tertiary alicyclic amines) is 2. The van der Waals surface area contributed by atoms with Gasteiger partial charge in [0.1, 0.15) is 6.61 Å². The molecule has 2 heterocycles. The third kappa shape index (κ3) is 4.51. The first kappa shape index (κ1) is 20.7. The molecule has 2 aliphatic heterocycles. The average molecular weight is 394 g/mol. The monoisotopic (exact) mass is 394 g/mol. The minimum Gasteiger partial charge on any atom is -0.372 e. The molecule has 1 aromatic carbocycles. The molecule has 2 aliphatic rings. The van der Waals surface area contributed by atoms with Crippen LogP contribution in [-0.2, 0) is 20.9 Å². The van der Waals surface area contributed by atoms with Crippen molar-refractivity contribution in [2.24, 2.45) is 5.41 Å². The topological polar surface area (TPSA) is 49.9 Å². The molecule has 7 heteroatoms. The second-order valence-corrected chi connectivity index (χ2v) is 7.83. The van der Waals surface area contributed by atoms with E-state index in [1.54, 1.807) is 9.80 Å². The van der Waals surface area contributed by atoms with Crippen molar-refractivity contribution in [3.63, 3.8) is 0 Å². The molecule has 1 aromatic rings.